The lowest BCUT2D eigenvalue weighted by Crippen LogP contribution is -2.37. The van der Waals surface area contributed by atoms with Crippen LogP contribution in [-0.4, -0.2) is 29.6 Å². The van der Waals surface area contributed by atoms with E-state index in [-0.39, 0.29) is 24.2 Å². The monoisotopic (exact) mass is 374 g/mol. The zero-order chi connectivity index (χ0) is 20.2. The summed E-state index contributed by atoms with van der Waals surface area (Å²) < 4.78 is 43.3. The molecule has 1 rings (SSSR count). The second kappa shape index (κ2) is 8.56. The van der Waals surface area contributed by atoms with Gasteiger partial charge < -0.3 is 9.84 Å². The molecule has 0 aliphatic heterocycles. The molecule has 1 atom stereocenters. The summed E-state index contributed by atoms with van der Waals surface area (Å²) >= 11 is 0. The minimum atomic E-state index is -5.13. The van der Waals surface area contributed by atoms with Gasteiger partial charge in [-0.15, -0.1) is 0 Å². The van der Waals surface area contributed by atoms with Crippen molar-refractivity contribution >= 4 is 11.8 Å². The van der Waals surface area contributed by atoms with E-state index in [0.29, 0.717) is 16.7 Å². The van der Waals surface area contributed by atoms with Crippen LogP contribution in [0.1, 0.15) is 63.1 Å². The minimum absolute atomic E-state index is 0.0770. The van der Waals surface area contributed by atoms with Crippen LogP contribution in [0.4, 0.5) is 13.2 Å². The van der Waals surface area contributed by atoms with Crippen LogP contribution in [0.2, 0.25) is 0 Å². The number of ketones is 1. The van der Waals surface area contributed by atoms with Crippen LogP contribution in [0.25, 0.3) is 0 Å². The number of benzene rings is 1. The van der Waals surface area contributed by atoms with Crippen molar-refractivity contribution in [3.63, 3.8) is 0 Å². The van der Waals surface area contributed by atoms with Crippen LogP contribution < -0.4 is 0 Å². The second-order valence-corrected chi connectivity index (χ2v) is 6.80. The summed E-state index contributed by atoms with van der Waals surface area (Å²) in [5, 5.41) is 10.4. The number of carbonyl (C=O) groups excluding carboxylic acids is 2. The van der Waals surface area contributed by atoms with Crippen LogP contribution in [0.5, 0.6) is 5.75 Å². The van der Waals surface area contributed by atoms with E-state index < -0.39 is 30.3 Å². The van der Waals surface area contributed by atoms with Gasteiger partial charge >= 0.3 is 12.1 Å². The van der Waals surface area contributed by atoms with Gasteiger partial charge in [0, 0.05) is 0 Å². The number of esters is 1. The first-order valence-electron chi connectivity index (χ1n) is 8.53. The summed E-state index contributed by atoms with van der Waals surface area (Å²) in [6.07, 6.45) is -5.56. The van der Waals surface area contributed by atoms with Crippen LogP contribution in [0.3, 0.4) is 0 Å². The zero-order valence-electron chi connectivity index (χ0n) is 15.6. The van der Waals surface area contributed by atoms with Crippen LogP contribution in [0, 0.1) is 5.92 Å². The number of ether oxygens (including phenoxy) is 1. The maximum atomic E-state index is 12.9. The fourth-order valence-electron chi connectivity index (χ4n) is 2.70. The Kier molecular flexibility index (Phi) is 7.24. The third-order valence-corrected chi connectivity index (χ3v) is 4.08. The number of carbonyl (C=O) groups is 2. The summed E-state index contributed by atoms with van der Waals surface area (Å²) in [4.78, 5) is 23.7. The molecular formula is C19H25F3O4. The third kappa shape index (κ3) is 5.22. The van der Waals surface area contributed by atoms with Gasteiger partial charge in [-0.25, -0.2) is 0 Å². The van der Waals surface area contributed by atoms with Crippen molar-refractivity contribution in [3.8, 4) is 5.75 Å². The molecule has 1 aromatic rings. The molecule has 1 unspecified atom stereocenters. The van der Waals surface area contributed by atoms with Crippen molar-refractivity contribution in [2.75, 3.05) is 6.61 Å². The largest absolute Gasteiger partial charge is 0.507 e. The molecule has 0 amide bonds. The lowest BCUT2D eigenvalue weighted by atomic mass is 9.87. The van der Waals surface area contributed by atoms with E-state index in [1.165, 1.54) is 6.92 Å². The van der Waals surface area contributed by atoms with Gasteiger partial charge in [0.25, 0.3) is 5.78 Å². The summed E-state index contributed by atoms with van der Waals surface area (Å²) in [5.74, 6) is -5.34. The van der Waals surface area contributed by atoms with Crippen LogP contribution in [-0.2, 0) is 20.7 Å². The van der Waals surface area contributed by atoms with Gasteiger partial charge in [-0.05, 0) is 41.9 Å². The van der Waals surface area contributed by atoms with Crippen molar-refractivity contribution < 1.29 is 32.6 Å². The highest BCUT2D eigenvalue weighted by molar-refractivity contribution is 6.02. The van der Waals surface area contributed by atoms with E-state index in [9.17, 15) is 27.9 Å². The number of halogens is 3. The standard InChI is InChI=1S/C19H25F3O4/c1-6-26-18(25)15(17(24)19(20,21)22)9-12-7-13(10(2)3)16(23)14(8-12)11(4)5/h7-8,10-11,15,23H,6,9H2,1-5H3. The van der Waals surface area contributed by atoms with Gasteiger partial charge in [0.15, 0.2) is 0 Å². The van der Waals surface area contributed by atoms with Gasteiger partial charge in [0.05, 0.1) is 6.61 Å². The lowest BCUT2D eigenvalue weighted by molar-refractivity contribution is -0.180. The smallest absolute Gasteiger partial charge is 0.450 e. The average Bonchev–Trinajstić information content (AvgIpc) is 2.51. The summed E-state index contributed by atoms with van der Waals surface area (Å²) in [5.41, 5.74) is 1.51. The molecule has 0 heterocycles. The molecule has 146 valence electrons. The first-order valence-corrected chi connectivity index (χ1v) is 8.53. The second-order valence-electron chi connectivity index (χ2n) is 6.80. The Hall–Kier alpha value is -2.05. The Bertz CT molecular complexity index is 634. The number of hydrogen-bond acceptors (Lipinski definition) is 4. The molecule has 1 N–H and O–H groups in total. The van der Waals surface area contributed by atoms with Crippen molar-refractivity contribution in [2.45, 2.75) is 59.1 Å². The molecule has 0 aromatic heterocycles. The molecule has 0 bridgehead atoms. The normalized spacial score (nSPS) is 13.2. The van der Waals surface area contributed by atoms with E-state index in [1.54, 1.807) is 12.1 Å². The van der Waals surface area contributed by atoms with E-state index >= 15 is 0 Å². The Balaban J connectivity index is 3.38. The number of phenolic OH excluding ortho intramolecular Hbond substituents is 1. The Morgan fingerprint density at radius 2 is 1.54 bits per heavy atom. The maximum Gasteiger partial charge on any atom is 0.450 e. The summed E-state index contributed by atoms with van der Waals surface area (Å²) in [7, 11) is 0. The molecule has 0 spiro atoms. The van der Waals surface area contributed by atoms with Gasteiger partial charge in [-0.3, -0.25) is 9.59 Å². The molecular weight excluding hydrogens is 349 g/mol. The van der Waals surface area contributed by atoms with Gasteiger partial charge in [-0.1, -0.05) is 39.8 Å². The first-order chi connectivity index (χ1) is 11.9. The van der Waals surface area contributed by atoms with E-state index in [4.69, 9.17) is 0 Å². The maximum absolute atomic E-state index is 12.9. The number of Topliss-reactive ketones (excluding diaryl/α,β-unsaturated/α-hetero) is 1. The number of alkyl halides is 3. The molecule has 7 heteroatoms. The van der Waals surface area contributed by atoms with Gasteiger partial charge in [0.1, 0.15) is 11.7 Å². The molecule has 4 nitrogen and oxygen atoms in total. The number of aromatic hydroxyl groups is 1. The SMILES string of the molecule is CCOC(=O)C(Cc1cc(C(C)C)c(O)c(C(C)C)c1)C(=O)C(F)(F)F. The molecule has 0 saturated carbocycles. The predicted molar refractivity (Wildman–Crippen MR) is 91.2 cm³/mol. The van der Waals surface area contributed by atoms with Gasteiger partial charge in [0.2, 0.25) is 0 Å². The van der Waals surface area contributed by atoms with E-state index in [2.05, 4.69) is 4.74 Å². The molecule has 0 radical (unpaired) electrons. The molecule has 0 saturated heterocycles. The van der Waals surface area contributed by atoms with Crippen LogP contribution in [0.15, 0.2) is 12.1 Å². The Morgan fingerprint density at radius 3 is 1.88 bits per heavy atom. The lowest BCUT2D eigenvalue weighted by Gasteiger charge is -2.20. The zero-order valence-corrected chi connectivity index (χ0v) is 15.6. The van der Waals surface area contributed by atoms with Crippen LogP contribution >= 0.6 is 0 Å². The first kappa shape index (κ1) is 22.0. The highest BCUT2D eigenvalue weighted by Gasteiger charge is 2.47. The topological polar surface area (TPSA) is 63.6 Å². The summed E-state index contributed by atoms with van der Waals surface area (Å²) in [6.45, 7) is 8.70. The molecule has 0 aliphatic carbocycles. The van der Waals surface area contributed by atoms with Crippen molar-refractivity contribution in [3.05, 3.63) is 28.8 Å². The van der Waals surface area contributed by atoms with Crippen molar-refractivity contribution in [2.24, 2.45) is 5.92 Å². The van der Waals surface area contributed by atoms with Gasteiger partial charge in [-0.2, -0.15) is 13.2 Å². The summed E-state index contributed by atoms with van der Waals surface area (Å²) in [6, 6.07) is 3.09. The van der Waals surface area contributed by atoms with Crippen molar-refractivity contribution in [1.29, 1.82) is 0 Å². The average molecular weight is 374 g/mol. The highest BCUT2D eigenvalue weighted by atomic mass is 19.4. The molecule has 1 aromatic carbocycles. The minimum Gasteiger partial charge on any atom is -0.507 e. The molecule has 26 heavy (non-hydrogen) atoms. The molecule has 0 fully saturated rings. The number of phenols is 1. The Labute approximate surface area is 151 Å². The predicted octanol–water partition coefficient (Wildman–Crippen LogP) is 4.49. The van der Waals surface area contributed by atoms with E-state index in [0.717, 1.165) is 0 Å². The number of rotatable bonds is 7. The fraction of sp³-hybridized carbons (Fsp3) is 0.579. The fourth-order valence-corrected chi connectivity index (χ4v) is 2.70. The van der Waals surface area contributed by atoms with E-state index in [1.807, 2.05) is 27.7 Å². The molecule has 0 aliphatic rings. The Morgan fingerprint density at radius 1 is 1.08 bits per heavy atom. The highest BCUT2D eigenvalue weighted by Crippen LogP contribution is 2.36. The number of hydrogen-bond donors (Lipinski definition) is 1. The third-order valence-electron chi connectivity index (χ3n) is 4.08. The quantitative estimate of drug-likeness (QED) is 0.564. The van der Waals surface area contributed by atoms with Crippen molar-refractivity contribution in [1.82, 2.24) is 0 Å².